The lowest BCUT2D eigenvalue weighted by atomic mass is 9.48. The van der Waals surface area contributed by atoms with Gasteiger partial charge >= 0.3 is 5.97 Å². The van der Waals surface area contributed by atoms with Crippen LogP contribution in [0.4, 0.5) is 0 Å². The third-order valence-electron chi connectivity index (χ3n) is 6.77. The monoisotopic (exact) mass is 320 g/mol. The summed E-state index contributed by atoms with van der Waals surface area (Å²) in [5, 5.41) is 8.96. The molecule has 0 saturated heterocycles. The molecule has 0 amide bonds. The highest BCUT2D eigenvalue weighted by atomic mass is 16.4. The number of aliphatic carboxylic acids is 1. The van der Waals surface area contributed by atoms with Gasteiger partial charge in [-0.25, -0.2) is 0 Å². The van der Waals surface area contributed by atoms with E-state index in [2.05, 4.69) is 33.8 Å². The van der Waals surface area contributed by atoms with Crippen LogP contribution in [0.3, 0.4) is 0 Å². The largest absolute Gasteiger partial charge is 0.481 e. The predicted octanol–water partition coefficient (Wildman–Crippen LogP) is 4.86. The Morgan fingerprint density at radius 1 is 1.39 bits per heavy atom. The Bertz CT molecular complexity index is 517. The van der Waals surface area contributed by atoms with E-state index in [9.17, 15) is 9.59 Å². The number of hydrogen-bond donors (Lipinski definition) is 1. The lowest BCUT2D eigenvalue weighted by Crippen LogP contribution is -2.52. The van der Waals surface area contributed by atoms with Crippen molar-refractivity contribution in [2.45, 2.75) is 73.1 Å². The predicted molar refractivity (Wildman–Crippen MR) is 92.1 cm³/mol. The molecule has 23 heavy (non-hydrogen) atoms. The van der Waals surface area contributed by atoms with Crippen molar-refractivity contribution in [2.75, 3.05) is 0 Å². The first kappa shape index (κ1) is 18.2. The first-order valence-corrected chi connectivity index (χ1v) is 9.00. The van der Waals surface area contributed by atoms with Crippen LogP contribution in [0.1, 0.15) is 73.1 Å². The number of ketones is 1. The standard InChI is InChI=1S/C20H32O3/c1-13(12-18(22)23)6-8-15-14(2)7-9-16-19(3,4)17(21)10-11-20(15,16)5/h7,13,15-16H,6,8-12H2,1-5H3,(H,22,23)/t13-,15+,16-,20-/m1/s1. The lowest BCUT2D eigenvalue weighted by molar-refractivity contribution is -0.143. The van der Waals surface area contributed by atoms with Gasteiger partial charge in [0.1, 0.15) is 5.78 Å². The average molecular weight is 320 g/mol. The van der Waals surface area contributed by atoms with Crippen molar-refractivity contribution in [1.82, 2.24) is 0 Å². The summed E-state index contributed by atoms with van der Waals surface area (Å²) in [6.07, 6.45) is 7.23. The van der Waals surface area contributed by atoms with E-state index in [1.54, 1.807) is 0 Å². The van der Waals surface area contributed by atoms with E-state index in [-0.39, 0.29) is 23.2 Å². The van der Waals surface area contributed by atoms with Crippen LogP contribution in [0.15, 0.2) is 11.6 Å². The topological polar surface area (TPSA) is 54.4 Å². The van der Waals surface area contributed by atoms with Gasteiger partial charge in [0.15, 0.2) is 0 Å². The number of fused-ring (bicyclic) bond motifs is 1. The molecular formula is C20H32O3. The third-order valence-corrected chi connectivity index (χ3v) is 6.77. The fourth-order valence-corrected chi connectivity index (χ4v) is 5.25. The first-order valence-electron chi connectivity index (χ1n) is 9.00. The second kappa shape index (κ2) is 6.41. The second-order valence-electron chi connectivity index (χ2n) is 8.72. The summed E-state index contributed by atoms with van der Waals surface area (Å²) in [5.41, 5.74) is 1.37. The fourth-order valence-electron chi connectivity index (χ4n) is 5.25. The van der Waals surface area contributed by atoms with Crippen LogP contribution < -0.4 is 0 Å². The van der Waals surface area contributed by atoms with Gasteiger partial charge in [0, 0.05) is 18.3 Å². The molecule has 0 aromatic rings. The molecule has 130 valence electrons. The molecule has 2 aliphatic rings. The Morgan fingerprint density at radius 3 is 2.65 bits per heavy atom. The normalized spacial score (nSPS) is 34.5. The molecule has 0 aliphatic heterocycles. The van der Waals surface area contributed by atoms with Gasteiger partial charge < -0.3 is 5.11 Å². The summed E-state index contributed by atoms with van der Waals surface area (Å²) in [4.78, 5) is 23.3. The maximum absolute atomic E-state index is 12.4. The number of rotatable bonds is 5. The van der Waals surface area contributed by atoms with E-state index in [1.165, 1.54) is 5.57 Å². The minimum absolute atomic E-state index is 0.166. The van der Waals surface area contributed by atoms with E-state index >= 15 is 0 Å². The minimum atomic E-state index is -0.707. The molecule has 0 radical (unpaired) electrons. The van der Waals surface area contributed by atoms with Gasteiger partial charge in [-0.3, -0.25) is 9.59 Å². The molecule has 0 aromatic heterocycles. The SMILES string of the molecule is CC1=CC[C@@H]2C(C)(C)C(=O)CC[C@]2(C)[C@H]1CC[C@@H](C)CC(=O)O. The number of carbonyl (C=O) groups is 2. The van der Waals surface area contributed by atoms with Crippen molar-refractivity contribution in [3.63, 3.8) is 0 Å². The summed E-state index contributed by atoms with van der Waals surface area (Å²) >= 11 is 0. The van der Waals surface area contributed by atoms with E-state index in [0.717, 1.165) is 25.7 Å². The van der Waals surface area contributed by atoms with Crippen molar-refractivity contribution < 1.29 is 14.7 Å². The van der Waals surface area contributed by atoms with Crippen molar-refractivity contribution in [1.29, 1.82) is 0 Å². The van der Waals surface area contributed by atoms with Crippen molar-refractivity contribution in [3.05, 3.63) is 11.6 Å². The highest BCUT2D eigenvalue weighted by Gasteiger charge is 2.54. The second-order valence-corrected chi connectivity index (χ2v) is 8.72. The molecular weight excluding hydrogens is 288 g/mol. The number of carboxylic acids is 1. The van der Waals surface area contributed by atoms with Gasteiger partial charge in [-0.1, -0.05) is 39.3 Å². The van der Waals surface area contributed by atoms with Crippen LogP contribution in [-0.4, -0.2) is 16.9 Å². The first-order chi connectivity index (χ1) is 10.6. The van der Waals surface area contributed by atoms with E-state index in [1.807, 2.05) is 6.92 Å². The highest BCUT2D eigenvalue weighted by Crippen LogP contribution is 2.59. The molecule has 0 unspecified atom stereocenters. The number of hydrogen-bond acceptors (Lipinski definition) is 2. The van der Waals surface area contributed by atoms with Gasteiger partial charge in [-0.15, -0.1) is 0 Å². The number of Topliss-reactive ketones (excluding diaryl/α,β-unsaturated/α-hetero) is 1. The van der Waals surface area contributed by atoms with E-state index in [4.69, 9.17) is 5.11 Å². The van der Waals surface area contributed by atoms with Crippen LogP contribution >= 0.6 is 0 Å². The third kappa shape index (κ3) is 3.39. The Kier molecular flexibility index (Phi) is 5.08. The summed E-state index contributed by atoms with van der Waals surface area (Å²) < 4.78 is 0. The zero-order valence-corrected chi connectivity index (χ0v) is 15.3. The molecule has 3 heteroatoms. The maximum atomic E-state index is 12.4. The van der Waals surface area contributed by atoms with Crippen LogP contribution in [0.5, 0.6) is 0 Å². The zero-order valence-electron chi connectivity index (χ0n) is 15.3. The summed E-state index contributed by atoms with van der Waals surface area (Å²) in [6, 6.07) is 0. The van der Waals surface area contributed by atoms with Crippen molar-refractivity contribution >= 4 is 11.8 Å². The summed E-state index contributed by atoms with van der Waals surface area (Å²) in [5.74, 6) is 0.792. The average Bonchev–Trinajstić information content (AvgIpc) is 2.42. The quantitative estimate of drug-likeness (QED) is 0.736. The maximum Gasteiger partial charge on any atom is 0.303 e. The molecule has 2 rings (SSSR count). The molecule has 0 spiro atoms. The number of carbonyl (C=O) groups excluding carboxylic acids is 1. The van der Waals surface area contributed by atoms with Crippen LogP contribution in [0.2, 0.25) is 0 Å². The zero-order chi connectivity index (χ0) is 17.4. The smallest absolute Gasteiger partial charge is 0.303 e. The van der Waals surface area contributed by atoms with Gasteiger partial charge in [0.2, 0.25) is 0 Å². The molecule has 1 saturated carbocycles. The summed E-state index contributed by atoms with van der Waals surface area (Å²) in [6.45, 7) is 10.9. The Balaban J connectivity index is 2.18. The van der Waals surface area contributed by atoms with Crippen molar-refractivity contribution in [2.24, 2.45) is 28.6 Å². The molecule has 1 fully saturated rings. The van der Waals surface area contributed by atoms with Gasteiger partial charge in [-0.2, -0.15) is 0 Å². The molecule has 0 bridgehead atoms. The molecule has 4 atom stereocenters. The molecule has 2 aliphatic carbocycles. The van der Waals surface area contributed by atoms with Gasteiger partial charge in [0.25, 0.3) is 0 Å². The number of allylic oxidation sites excluding steroid dienone is 2. The van der Waals surface area contributed by atoms with Gasteiger partial charge in [0.05, 0.1) is 0 Å². The van der Waals surface area contributed by atoms with Crippen LogP contribution in [0, 0.1) is 28.6 Å². The molecule has 1 N–H and O–H groups in total. The van der Waals surface area contributed by atoms with Crippen LogP contribution in [-0.2, 0) is 9.59 Å². The molecule has 3 nitrogen and oxygen atoms in total. The Hall–Kier alpha value is -1.12. The fraction of sp³-hybridized carbons (Fsp3) is 0.800. The van der Waals surface area contributed by atoms with Crippen LogP contribution in [0.25, 0.3) is 0 Å². The van der Waals surface area contributed by atoms with Gasteiger partial charge in [-0.05, 0) is 55.8 Å². The van der Waals surface area contributed by atoms with Crippen molar-refractivity contribution in [3.8, 4) is 0 Å². The number of carboxylic acid groups (broad SMARTS) is 1. The molecule has 0 aromatic carbocycles. The highest BCUT2D eigenvalue weighted by molar-refractivity contribution is 5.85. The molecule has 0 heterocycles. The van der Waals surface area contributed by atoms with E-state index < -0.39 is 5.97 Å². The Morgan fingerprint density at radius 2 is 2.04 bits per heavy atom. The lowest BCUT2D eigenvalue weighted by Gasteiger charge is -2.56. The van der Waals surface area contributed by atoms with E-state index in [0.29, 0.717) is 24.0 Å². The Labute approximate surface area is 140 Å². The minimum Gasteiger partial charge on any atom is -0.481 e. The summed E-state index contributed by atoms with van der Waals surface area (Å²) in [7, 11) is 0.